The van der Waals surface area contributed by atoms with Gasteiger partial charge in [0.15, 0.2) is 0 Å². The third-order valence-electron chi connectivity index (χ3n) is 4.74. The smallest absolute Gasteiger partial charge is 0.272 e. The van der Waals surface area contributed by atoms with Crippen molar-refractivity contribution >= 4 is 5.91 Å². The maximum absolute atomic E-state index is 12.9. The van der Waals surface area contributed by atoms with E-state index in [1.807, 2.05) is 24.3 Å². The second kappa shape index (κ2) is 8.17. The number of nitrogens with one attached hydrogen (secondary N) is 1. The van der Waals surface area contributed by atoms with Crippen molar-refractivity contribution in [1.29, 1.82) is 0 Å². The summed E-state index contributed by atoms with van der Waals surface area (Å²) in [6.45, 7) is 1.06. The number of benzene rings is 1. The summed E-state index contributed by atoms with van der Waals surface area (Å²) in [7, 11) is 3.13. The lowest BCUT2D eigenvalue weighted by Crippen LogP contribution is -2.31. The third kappa shape index (κ3) is 3.98. The summed E-state index contributed by atoms with van der Waals surface area (Å²) < 4.78 is 16.2. The van der Waals surface area contributed by atoms with Crippen LogP contribution < -0.4 is 14.2 Å². The molecule has 0 aliphatic carbocycles. The average molecular weight is 395 g/mol. The summed E-state index contributed by atoms with van der Waals surface area (Å²) in [5, 5.41) is 15.0. The van der Waals surface area contributed by atoms with Crippen LogP contribution in [0.3, 0.4) is 0 Å². The van der Waals surface area contributed by atoms with Gasteiger partial charge in [-0.1, -0.05) is 12.1 Å². The largest absolute Gasteiger partial charge is 0.496 e. The van der Waals surface area contributed by atoms with Crippen molar-refractivity contribution in [2.75, 3.05) is 27.3 Å². The maximum atomic E-state index is 12.9. The minimum Gasteiger partial charge on any atom is -0.496 e. The van der Waals surface area contributed by atoms with Gasteiger partial charge in [0.1, 0.15) is 17.5 Å². The summed E-state index contributed by atoms with van der Waals surface area (Å²) in [6.07, 6.45) is 0.575. The molecule has 3 heterocycles. The molecular formula is C20H21N5O4. The zero-order valence-electron chi connectivity index (χ0n) is 16.2. The second-order valence-corrected chi connectivity index (χ2v) is 6.56. The number of carbonyl (C=O) groups is 1. The molecule has 1 saturated heterocycles. The van der Waals surface area contributed by atoms with Crippen molar-refractivity contribution in [3.05, 3.63) is 48.2 Å². The fourth-order valence-electron chi connectivity index (χ4n) is 3.25. The number of para-hydroxylation sites is 1. The molecule has 1 aliphatic heterocycles. The molecule has 9 heteroatoms. The van der Waals surface area contributed by atoms with Gasteiger partial charge in [0.2, 0.25) is 11.8 Å². The minimum absolute atomic E-state index is 0.120. The third-order valence-corrected chi connectivity index (χ3v) is 4.74. The van der Waals surface area contributed by atoms with Crippen LogP contribution >= 0.6 is 0 Å². The van der Waals surface area contributed by atoms with Crippen LogP contribution in [0.25, 0.3) is 11.3 Å². The van der Waals surface area contributed by atoms with E-state index in [2.05, 4.69) is 20.4 Å². The lowest BCUT2D eigenvalue weighted by Gasteiger charge is -2.15. The van der Waals surface area contributed by atoms with Gasteiger partial charge in [-0.05, 0) is 18.2 Å². The fraction of sp³-hybridized carbons (Fsp3) is 0.300. The molecule has 1 aliphatic rings. The second-order valence-electron chi connectivity index (χ2n) is 6.56. The van der Waals surface area contributed by atoms with E-state index in [1.54, 1.807) is 30.2 Å². The van der Waals surface area contributed by atoms with E-state index in [4.69, 9.17) is 14.2 Å². The van der Waals surface area contributed by atoms with E-state index < -0.39 is 0 Å². The number of aromatic nitrogens is 4. The molecule has 9 nitrogen and oxygen atoms in total. The van der Waals surface area contributed by atoms with Gasteiger partial charge < -0.3 is 19.1 Å². The van der Waals surface area contributed by atoms with Crippen molar-refractivity contribution in [3.63, 3.8) is 0 Å². The Labute approximate surface area is 167 Å². The predicted molar refractivity (Wildman–Crippen MR) is 104 cm³/mol. The number of likely N-dealkylation sites (tertiary alicyclic amines) is 1. The highest BCUT2D eigenvalue weighted by Crippen LogP contribution is 2.29. The number of aromatic amines is 1. The first-order chi connectivity index (χ1) is 14.2. The Morgan fingerprint density at radius 1 is 1.10 bits per heavy atom. The van der Waals surface area contributed by atoms with Crippen LogP contribution in [0.4, 0.5) is 0 Å². The summed E-state index contributed by atoms with van der Waals surface area (Å²) in [5.74, 6) is 1.41. The lowest BCUT2D eigenvalue weighted by molar-refractivity contribution is 0.0765. The number of carbonyl (C=O) groups excluding carboxylic acids is 1. The highest BCUT2D eigenvalue weighted by atomic mass is 16.5. The van der Waals surface area contributed by atoms with Gasteiger partial charge in [-0.2, -0.15) is 5.10 Å². The molecule has 0 radical (unpaired) electrons. The number of methoxy groups -OCH3 is 2. The highest BCUT2D eigenvalue weighted by molar-refractivity contribution is 5.93. The molecule has 1 amide bonds. The monoisotopic (exact) mass is 395 g/mol. The van der Waals surface area contributed by atoms with Crippen LogP contribution in [0, 0.1) is 0 Å². The summed E-state index contributed by atoms with van der Waals surface area (Å²) in [4.78, 5) is 14.6. The maximum Gasteiger partial charge on any atom is 0.272 e. The molecule has 1 fully saturated rings. The summed E-state index contributed by atoms with van der Waals surface area (Å²) >= 11 is 0. The topological polar surface area (TPSA) is 102 Å². The van der Waals surface area contributed by atoms with E-state index in [-0.39, 0.29) is 12.0 Å². The van der Waals surface area contributed by atoms with Gasteiger partial charge in [0.25, 0.3) is 5.91 Å². The van der Waals surface area contributed by atoms with Crippen LogP contribution in [0.15, 0.2) is 42.5 Å². The van der Waals surface area contributed by atoms with E-state index in [1.165, 1.54) is 7.11 Å². The Balaban J connectivity index is 1.41. The van der Waals surface area contributed by atoms with Gasteiger partial charge >= 0.3 is 0 Å². The van der Waals surface area contributed by atoms with Gasteiger partial charge in [-0.15, -0.1) is 10.2 Å². The van der Waals surface area contributed by atoms with Gasteiger partial charge in [0.05, 0.1) is 26.5 Å². The van der Waals surface area contributed by atoms with Crippen molar-refractivity contribution in [1.82, 2.24) is 25.3 Å². The molecule has 150 valence electrons. The number of ether oxygens (including phenoxy) is 3. The number of nitrogens with zero attached hydrogens (tertiary/aromatic N) is 4. The molecule has 3 aromatic rings. The van der Waals surface area contributed by atoms with Crippen molar-refractivity contribution in [3.8, 4) is 28.8 Å². The molecule has 2 aromatic heterocycles. The number of rotatable bonds is 6. The van der Waals surface area contributed by atoms with E-state index >= 15 is 0 Å². The molecule has 0 saturated carbocycles. The minimum atomic E-state index is -0.141. The first-order valence-electron chi connectivity index (χ1n) is 9.20. The molecule has 1 N–H and O–H groups in total. The van der Waals surface area contributed by atoms with Crippen LogP contribution in [-0.4, -0.2) is 64.6 Å². The van der Waals surface area contributed by atoms with Gasteiger partial charge in [0, 0.05) is 30.7 Å². The van der Waals surface area contributed by atoms with E-state index in [9.17, 15) is 4.79 Å². The molecular weight excluding hydrogens is 374 g/mol. The zero-order valence-corrected chi connectivity index (χ0v) is 16.2. The number of amides is 1. The van der Waals surface area contributed by atoms with Gasteiger partial charge in [-0.3, -0.25) is 9.89 Å². The van der Waals surface area contributed by atoms with Crippen LogP contribution in [-0.2, 0) is 0 Å². The molecule has 0 bridgehead atoms. The number of H-pyrrole nitrogens is 1. The standard InChI is InChI=1S/C20H21N5O4/c1-27-17-6-4-3-5-14(17)15-11-16(22-21-15)20(26)25-10-9-13(12-25)29-19-8-7-18(28-2)23-24-19/h3-8,11,13H,9-10,12H2,1-2H3,(H,21,22). The summed E-state index contributed by atoms with van der Waals surface area (Å²) in [6, 6.07) is 12.7. The Kier molecular flexibility index (Phi) is 5.28. The highest BCUT2D eigenvalue weighted by Gasteiger charge is 2.29. The first kappa shape index (κ1) is 18.7. The molecule has 1 atom stereocenters. The average Bonchev–Trinajstić information content (AvgIpc) is 3.44. The predicted octanol–water partition coefficient (Wildman–Crippen LogP) is 2.18. The van der Waals surface area contributed by atoms with Crippen LogP contribution in [0.1, 0.15) is 16.9 Å². The number of hydrogen-bond acceptors (Lipinski definition) is 7. The van der Waals surface area contributed by atoms with Crippen LogP contribution in [0.2, 0.25) is 0 Å². The Bertz CT molecular complexity index is 989. The van der Waals surface area contributed by atoms with E-state index in [0.717, 1.165) is 5.56 Å². The normalized spacial score (nSPS) is 15.9. The van der Waals surface area contributed by atoms with Crippen molar-refractivity contribution in [2.45, 2.75) is 12.5 Å². The van der Waals surface area contributed by atoms with Crippen molar-refractivity contribution in [2.24, 2.45) is 0 Å². The Morgan fingerprint density at radius 3 is 2.66 bits per heavy atom. The Morgan fingerprint density at radius 2 is 1.90 bits per heavy atom. The SMILES string of the molecule is COc1ccc(OC2CCN(C(=O)c3cc(-c4ccccc4OC)n[nH]3)C2)nn1. The molecule has 4 rings (SSSR count). The first-order valence-corrected chi connectivity index (χ1v) is 9.20. The van der Waals surface area contributed by atoms with Crippen LogP contribution in [0.5, 0.6) is 17.5 Å². The van der Waals surface area contributed by atoms with Gasteiger partial charge in [-0.25, -0.2) is 0 Å². The molecule has 0 spiro atoms. The van der Waals surface area contributed by atoms with E-state index in [0.29, 0.717) is 48.4 Å². The number of hydrogen-bond donors (Lipinski definition) is 1. The summed E-state index contributed by atoms with van der Waals surface area (Å²) in [5.41, 5.74) is 1.91. The zero-order chi connectivity index (χ0) is 20.2. The molecule has 1 unspecified atom stereocenters. The fourth-order valence-corrected chi connectivity index (χ4v) is 3.25. The molecule has 29 heavy (non-hydrogen) atoms. The Hall–Kier alpha value is -3.62. The quantitative estimate of drug-likeness (QED) is 0.682. The molecule has 1 aromatic carbocycles. The lowest BCUT2D eigenvalue weighted by atomic mass is 10.1. The van der Waals surface area contributed by atoms with Crippen molar-refractivity contribution < 1.29 is 19.0 Å².